The molecule has 1 fully saturated rings. The van der Waals surface area contributed by atoms with Crippen molar-refractivity contribution in [1.29, 1.82) is 0 Å². The maximum atomic E-state index is 10.9. The number of carbonyl (C=O) groups is 1. The lowest BCUT2D eigenvalue weighted by atomic mass is 10.1. The van der Waals surface area contributed by atoms with Crippen molar-refractivity contribution in [3.63, 3.8) is 0 Å². The van der Waals surface area contributed by atoms with Crippen LogP contribution in [-0.4, -0.2) is 24.8 Å². The number of nitrogens with one attached hydrogen (secondary N) is 1. The SMILES string of the molecule is COc1cncc(Br)c1C1COC(=O)N1. The second-order valence-electron chi connectivity index (χ2n) is 3.03. The molecule has 2 heterocycles. The minimum atomic E-state index is -0.411. The van der Waals surface area contributed by atoms with Crippen LogP contribution in [0.3, 0.4) is 0 Å². The third kappa shape index (κ3) is 1.90. The van der Waals surface area contributed by atoms with E-state index in [4.69, 9.17) is 9.47 Å². The minimum absolute atomic E-state index is 0.190. The average Bonchev–Trinajstić information content (AvgIpc) is 2.64. The van der Waals surface area contributed by atoms with E-state index < -0.39 is 6.09 Å². The van der Waals surface area contributed by atoms with Crippen molar-refractivity contribution in [3.8, 4) is 5.75 Å². The quantitative estimate of drug-likeness (QED) is 0.889. The fourth-order valence-corrected chi connectivity index (χ4v) is 2.06. The van der Waals surface area contributed by atoms with Gasteiger partial charge in [0.05, 0.1) is 19.3 Å². The Kier molecular flexibility index (Phi) is 2.77. The molecule has 0 aliphatic carbocycles. The number of aromatic nitrogens is 1. The second-order valence-corrected chi connectivity index (χ2v) is 3.89. The highest BCUT2D eigenvalue weighted by atomic mass is 79.9. The standard InChI is InChI=1S/C9H9BrN2O3/c1-14-7-3-11-2-5(10)8(7)6-4-15-9(13)12-6/h2-3,6H,4H2,1H3,(H,12,13). The summed E-state index contributed by atoms with van der Waals surface area (Å²) in [6.07, 6.45) is 2.85. The zero-order valence-corrected chi connectivity index (χ0v) is 9.58. The van der Waals surface area contributed by atoms with Gasteiger partial charge < -0.3 is 14.8 Å². The van der Waals surface area contributed by atoms with E-state index in [1.165, 1.54) is 0 Å². The molecule has 1 aromatic heterocycles. The van der Waals surface area contributed by atoms with Crippen molar-refractivity contribution in [3.05, 3.63) is 22.4 Å². The molecular weight excluding hydrogens is 264 g/mol. The molecule has 0 spiro atoms. The molecule has 1 N–H and O–H groups in total. The summed E-state index contributed by atoms with van der Waals surface area (Å²) in [5.74, 6) is 0.625. The highest BCUT2D eigenvalue weighted by Crippen LogP contribution is 2.33. The Morgan fingerprint density at radius 3 is 3.07 bits per heavy atom. The summed E-state index contributed by atoms with van der Waals surface area (Å²) in [4.78, 5) is 14.9. The van der Waals surface area contributed by atoms with Gasteiger partial charge in [-0.3, -0.25) is 4.98 Å². The van der Waals surface area contributed by atoms with E-state index in [-0.39, 0.29) is 6.04 Å². The van der Waals surface area contributed by atoms with Gasteiger partial charge in [0.15, 0.2) is 0 Å². The number of hydrogen-bond acceptors (Lipinski definition) is 4. The highest BCUT2D eigenvalue weighted by Gasteiger charge is 2.28. The molecule has 1 unspecified atom stereocenters. The predicted octanol–water partition coefficient (Wildman–Crippen LogP) is 1.63. The third-order valence-electron chi connectivity index (χ3n) is 2.14. The summed E-state index contributed by atoms with van der Waals surface area (Å²) >= 11 is 3.37. The lowest BCUT2D eigenvalue weighted by Gasteiger charge is -2.13. The zero-order valence-electron chi connectivity index (χ0n) is 7.99. The molecule has 2 rings (SSSR count). The van der Waals surface area contributed by atoms with E-state index in [0.717, 1.165) is 10.0 Å². The van der Waals surface area contributed by atoms with Crippen LogP contribution >= 0.6 is 15.9 Å². The Hall–Kier alpha value is -1.30. The Labute approximate surface area is 94.9 Å². The summed E-state index contributed by atoms with van der Waals surface area (Å²) < 4.78 is 10.8. The number of ether oxygens (including phenoxy) is 2. The van der Waals surface area contributed by atoms with Crippen LogP contribution < -0.4 is 10.1 Å². The molecular formula is C9H9BrN2O3. The predicted molar refractivity (Wildman–Crippen MR) is 55.7 cm³/mol. The largest absolute Gasteiger partial charge is 0.495 e. The number of pyridine rings is 1. The Morgan fingerprint density at radius 1 is 1.67 bits per heavy atom. The van der Waals surface area contributed by atoms with E-state index >= 15 is 0 Å². The zero-order chi connectivity index (χ0) is 10.8. The summed E-state index contributed by atoms with van der Waals surface area (Å²) in [5.41, 5.74) is 0.846. The van der Waals surface area contributed by atoms with Crippen LogP contribution in [0.4, 0.5) is 4.79 Å². The van der Waals surface area contributed by atoms with Crippen LogP contribution in [-0.2, 0) is 4.74 Å². The van der Waals surface area contributed by atoms with Gasteiger partial charge >= 0.3 is 6.09 Å². The second kappa shape index (κ2) is 4.06. The summed E-state index contributed by atoms with van der Waals surface area (Å²) in [7, 11) is 1.56. The fraction of sp³-hybridized carbons (Fsp3) is 0.333. The van der Waals surface area contributed by atoms with Crippen molar-refractivity contribution in [2.75, 3.05) is 13.7 Å². The Bertz CT molecular complexity index is 397. The van der Waals surface area contributed by atoms with Crippen molar-refractivity contribution in [1.82, 2.24) is 10.3 Å². The summed E-state index contributed by atoms with van der Waals surface area (Å²) in [5, 5.41) is 2.69. The number of halogens is 1. The summed E-state index contributed by atoms with van der Waals surface area (Å²) in [6.45, 7) is 0.303. The van der Waals surface area contributed by atoms with E-state index in [2.05, 4.69) is 26.2 Å². The van der Waals surface area contributed by atoms with Crippen LogP contribution in [0.1, 0.15) is 11.6 Å². The Morgan fingerprint density at radius 2 is 2.47 bits per heavy atom. The molecule has 80 valence electrons. The third-order valence-corrected chi connectivity index (χ3v) is 2.78. The van der Waals surface area contributed by atoms with E-state index in [9.17, 15) is 4.79 Å². The maximum absolute atomic E-state index is 10.9. The van der Waals surface area contributed by atoms with Gasteiger partial charge in [-0.05, 0) is 15.9 Å². The van der Waals surface area contributed by atoms with Crippen LogP contribution in [0.2, 0.25) is 0 Å². The number of hydrogen-bond donors (Lipinski definition) is 1. The monoisotopic (exact) mass is 272 g/mol. The topological polar surface area (TPSA) is 60.5 Å². The van der Waals surface area contributed by atoms with Gasteiger partial charge in [-0.1, -0.05) is 0 Å². The lowest BCUT2D eigenvalue weighted by molar-refractivity contribution is 0.176. The molecule has 0 saturated carbocycles. The van der Waals surface area contributed by atoms with Crippen LogP contribution in [0, 0.1) is 0 Å². The van der Waals surface area contributed by atoms with Gasteiger partial charge in [0, 0.05) is 16.2 Å². The van der Waals surface area contributed by atoms with Gasteiger partial charge in [-0.15, -0.1) is 0 Å². The van der Waals surface area contributed by atoms with Crippen LogP contribution in [0.25, 0.3) is 0 Å². The molecule has 1 saturated heterocycles. The number of cyclic esters (lactones) is 1. The molecule has 1 aromatic rings. The summed E-state index contributed by atoms with van der Waals surface area (Å²) in [6, 6.07) is -0.190. The number of alkyl carbamates (subject to hydrolysis) is 1. The molecule has 5 nitrogen and oxygen atoms in total. The van der Waals surface area contributed by atoms with Crippen molar-refractivity contribution >= 4 is 22.0 Å². The number of amides is 1. The van der Waals surface area contributed by atoms with Crippen molar-refractivity contribution in [2.24, 2.45) is 0 Å². The normalized spacial score (nSPS) is 19.6. The minimum Gasteiger partial charge on any atom is -0.495 e. The molecule has 1 aliphatic rings. The van der Waals surface area contributed by atoms with Gasteiger partial charge in [0.2, 0.25) is 0 Å². The van der Waals surface area contributed by atoms with Crippen LogP contribution in [0.15, 0.2) is 16.9 Å². The first-order chi connectivity index (χ1) is 7.22. The highest BCUT2D eigenvalue weighted by molar-refractivity contribution is 9.10. The molecule has 1 aliphatic heterocycles. The first-order valence-electron chi connectivity index (χ1n) is 4.33. The molecule has 0 radical (unpaired) electrons. The number of carbonyl (C=O) groups excluding carboxylic acids is 1. The number of methoxy groups -OCH3 is 1. The smallest absolute Gasteiger partial charge is 0.407 e. The molecule has 0 aromatic carbocycles. The lowest BCUT2D eigenvalue weighted by Crippen LogP contribution is -2.19. The van der Waals surface area contributed by atoms with Gasteiger partial charge in [-0.2, -0.15) is 0 Å². The van der Waals surface area contributed by atoms with E-state index in [1.807, 2.05) is 0 Å². The molecule has 1 amide bonds. The fourth-order valence-electron chi connectivity index (χ4n) is 1.47. The van der Waals surface area contributed by atoms with Crippen LogP contribution in [0.5, 0.6) is 5.75 Å². The number of rotatable bonds is 2. The number of nitrogens with zero attached hydrogens (tertiary/aromatic N) is 1. The maximum Gasteiger partial charge on any atom is 0.407 e. The molecule has 15 heavy (non-hydrogen) atoms. The molecule has 0 bridgehead atoms. The van der Waals surface area contributed by atoms with Crippen molar-refractivity contribution < 1.29 is 14.3 Å². The molecule has 1 atom stereocenters. The van der Waals surface area contributed by atoms with Crippen molar-refractivity contribution in [2.45, 2.75) is 6.04 Å². The van der Waals surface area contributed by atoms with E-state index in [0.29, 0.717) is 12.4 Å². The first kappa shape index (κ1) is 10.2. The van der Waals surface area contributed by atoms with E-state index in [1.54, 1.807) is 19.5 Å². The molecule has 6 heteroatoms. The Balaban J connectivity index is 2.37. The van der Waals surface area contributed by atoms with Gasteiger partial charge in [-0.25, -0.2) is 4.79 Å². The van der Waals surface area contributed by atoms with Gasteiger partial charge in [0.1, 0.15) is 12.4 Å². The first-order valence-corrected chi connectivity index (χ1v) is 5.12. The van der Waals surface area contributed by atoms with Gasteiger partial charge in [0.25, 0.3) is 0 Å². The average molecular weight is 273 g/mol.